The molecule has 2 aliphatic rings. The summed E-state index contributed by atoms with van der Waals surface area (Å²) in [7, 11) is 0. The van der Waals surface area contributed by atoms with Gasteiger partial charge in [-0.2, -0.15) is 5.10 Å². The second kappa shape index (κ2) is 4.64. The van der Waals surface area contributed by atoms with Gasteiger partial charge >= 0.3 is 5.69 Å². The molecule has 3 rings (SSSR count). The lowest BCUT2D eigenvalue weighted by molar-refractivity contribution is 0.422. The lowest BCUT2D eigenvalue weighted by atomic mass is 9.98. The van der Waals surface area contributed by atoms with Gasteiger partial charge in [0.15, 0.2) is 0 Å². The molecule has 0 spiro atoms. The zero-order valence-electron chi connectivity index (χ0n) is 10.1. The van der Waals surface area contributed by atoms with Crippen LogP contribution < -0.4 is 11.0 Å². The Morgan fingerprint density at radius 2 is 1.82 bits per heavy atom. The normalized spacial score (nSPS) is 23.3. The van der Waals surface area contributed by atoms with E-state index >= 15 is 0 Å². The van der Waals surface area contributed by atoms with Gasteiger partial charge < -0.3 is 5.32 Å². The molecule has 94 valence electrons. The van der Waals surface area contributed by atoms with Gasteiger partial charge in [0.2, 0.25) is 0 Å². The van der Waals surface area contributed by atoms with Crippen LogP contribution in [0.5, 0.6) is 0 Å². The summed E-state index contributed by atoms with van der Waals surface area (Å²) in [6.07, 6.45) is 6.83. The number of rotatable bonds is 2. The second-order valence-corrected chi connectivity index (χ2v) is 5.22. The van der Waals surface area contributed by atoms with E-state index in [1.54, 1.807) is 4.68 Å². The molecule has 1 saturated heterocycles. The number of piperidine rings is 1. The number of aromatic nitrogens is 3. The Labute approximate surface area is 101 Å². The minimum atomic E-state index is -0.00886. The number of H-pyrrole nitrogens is 1. The van der Waals surface area contributed by atoms with Crippen molar-refractivity contribution in [3.8, 4) is 0 Å². The molecule has 2 N–H and O–H groups in total. The largest absolute Gasteiger partial charge is 0.343 e. The van der Waals surface area contributed by atoms with Gasteiger partial charge in [-0.1, -0.05) is 12.8 Å². The first-order valence-corrected chi connectivity index (χ1v) is 6.74. The van der Waals surface area contributed by atoms with Crippen molar-refractivity contribution in [2.45, 2.75) is 50.5 Å². The van der Waals surface area contributed by atoms with Crippen LogP contribution in [0.1, 0.15) is 56.3 Å². The maximum atomic E-state index is 11.9. The number of aromatic amines is 1. The van der Waals surface area contributed by atoms with Gasteiger partial charge in [0.05, 0.1) is 6.04 Å². The zero-order chi connectivity index (χ0) is 11.7. The molecule has 1 aliphatic heterocycles. The molecule has 5 heteroatoms. The van der Waals surface area contributed by atoms with Gasteiger partial charge in [-0.3, -0.25) is 4.98 Å². The SMILES string of the molecule is O=c1[nH]c(C2CCNCC2)nn1C1CCCC1. The summed E-state index contributed by atoms with van der Waals surface area (Å²) in [6.45, 7) is 2.06. The fraction of sp³-hybridized carbons (Fsp3) is 0.833. The van der Waals surface area contributed by atoms with E-state index in [1.165, 1.54) is 12.8 Å². The second-order valence-electron chi connectivity index (χ2n) is 5.22. The Morgan fingerprint density at radius 1 is 1.12 bits per heavy atom. The predicted molar refractivity (Wildman–Crippen MR) is 65.2 cm³/mol. The molecule has 1 aromatic heterocycles. The summed E-state index contributed by atoms with van der Waals surface area (Å²) in [4.78, 5) is 14.9. The third-order valence-corrected chi connectivity index (χ3v) is 4.05. The van der Waals surface area contributed by atoms with Crippen molar-refractivity contribution in [2.24, 2.45) is 0 Å². The number of nitrogens with zero attached hydrogens (tertiary/aromatic N) is 2. The van der Waals surface area contributed by atoms with Gasteiger partial charge in [-0.15, -0.1) is 0 Å². The minimum Gasteiger partial charge on any atom is -0.317 e. The molecule has 5 nitrogen and oxygen atoms in total. The van der Waals surface area contributed by atoms with Crippen molar-refractivity contribution in [1.29, 1.82) is 0 Å². The van der Waals surface area contributed by atoms with E-state index in [1.807, 2.05) is 0 Å². The summed E-state index contributed by atoms with van der Waals surface area (Å²) in [6, 6.07) is 0.342. The molecule has 0 atom stereocenters. The lowest BCUT2D eigenvalue weighted by Gasteiger charge is -2.20. The average Bonchev–Trinajstić information content (AvgIpc) is 2.99. The molecular formula is C12H20N4O. The van der Waals surface area contributed by atoms with E-state index in [9.17, 15) is 4.79 Å². The summed E-state index contributed by atoms with van der Waals surface area (Å²) in [5.74, 6) is 1.34. The van der Waals surface area contributed by atoms with E-state index in [-0.39, 0.29) is 5.69 Å². The van der Waals surface area contributed by atoms with Crippen molar-refractivity contribution in [1.82, 2.24) is 20.1 Å². The maximum Gasteiger partial charge on any atom is 0.343 e. The van der Waals surface area contributed by atoms with E-state index in [0.717, 1.165) is 44.6 Å². The highest BCUT2D eigenvalue weighted by Crippen LogP contribution is 2.28. The standard InChI is InChI=1S/C12H20N4O/c17-12-14-11(9-5-7-13-8-6-9)15-16(12)10-3-1-2-4-10/h9-10,13H,1-8H2,(H,14,15,17). The monoisotopic (exact) mass is 236 g/mol. The molecule has 2 fully saturated rings. The van der Waals surface area contributed by atoms with Crippen LogP contribution in [0.2, 0.25) is 0 Å². The van der Waals surface area contributed by atoms with Crippen molar-refractivity contribution in [3.63, 3.8) is 0 Å². The minimum absolute atomic E-state index is 0.00886. The van der Waals surface area contributed by atoms with Crippen molar-refractivity contribution in [2.75, 3.05) is 13.1 Å². The highest BCUT2D eigenvalue weighted by Gasteiger charge is 2.24. The fourth-order valence-corrected chi connectivity index (χ4v) is 3.03. The van der Waals surface area contributed by atoms with E-state index in [0.29, 0.717) is 12.0 Å². The fourth-order valence-electron chi connectivity index (χ4n) is 3.03. The summed E-state index contributed by atoms with van der Waals surface area (Å²) >= 11 is 0. The molecule has 1 aromatic rings. The topological polar surface area (TPSA) is 62.7 Å². The average molecular weight is 236 g/mol. The number of hydrogen-bond donors (Lipinski definition) is 2. The molecule has 0 bridgehead atoms. The zero-order valence-corrected chi connectivity index (χ0v) is 10.1. The van der Waals surface area contributed by atoms with Crippen LogP contribution in [-0.2, 0) is 0 Å². The third-order valence-electron chi connectivity index (χ3n) is 4.05. The van der Waals surface area contributed by atoms with E-state index < -0.39 is 0 Å². The van der Waals surface area contributed by atoms with Crippen LogP contribution in [0.25, 0.3) is 0 Å². The first kappa shape index (κ1) is 11.0. The quantitative estimate of drug-likeness (QED) is 0.809. The van der Waals surface area contributed by atoms with Crippen LogP contribution in [0, 0.1) is 0 Å². The van der Waals surface area contributed by atoms with Gasteiger partial charge in [0, 0.05) is 5.92 Å². The molecule has 0 radical (unpaired) electrons. The molecule has 2 heterocycles. The molecule has 1 aliphatic carbocycles. The molecule has 0 unspecified atom stereocenters. The van der Waals surface area contributed by atoms with Crippen molar-refractivity contribution < 1.29 is 0 Å². The van der Waals surface area contributed by atoms with Crippen molar-refractivity contribution in [3.05, 3.63) is 16.3 Å². The van der Waals surface area contributed by atoms with Crippen LogP contribution in [0.4, 0.5) is 0 Å². The molecule has 1 saturated carbocycles. The number of hydrogen-bond acceptors (Lipinski definition) is 3. The summed E-state index contributed by atoms with van der Waals surface area (Å²) < 4.78 is 1.70. The van der Waals surface area contributed by atoms with Gasteiger partial charge in [0.25, 0.3) is 0 Å². The first-order chi connectivity index (χ1) is 8.34. The lowest BCUT2D eigenvalue weighted by Crippen LogP contribution is -2.27. The molecule has 0 aromatic carbocycles. The van der Waals surface area contributed by atoms with E-state index in [2.05, 4.69) is 15.4 Å². The van der Waals surface area contributed by atoms with Crippen molar-refractivity contribution >= 4 is 0 Å². The maximum absolute atomic E-state index is 11.9. The van der Waals surface area contributed by atoms with Gasteiger partial charge in [0.1, 0.15) is 5.82 Å². The van der Waals surface area contributed by atoms with Gasteiger partial charge in [-0.25, -0.2) is 9.48 Å². The first-order valence-electron chi connectivity index (χ1n) is 6.74. The smallest absolute Gasteiger partial charge is 0.317 e. The Morgan fingerprint density at radius 3 is 2.53 bits per heavy atom. The Hall–Kier alpha value is -1.10. The van der Waals surface area contributed by atoms with E-state index in [4.69, 9.17) is 0 Å². The highest BCUT2D eigenvalue weighted by atomic mass is 16.2. The molecular weight excluding hydrogens is 216 g/mol. The summed E-state index contributed by atoms with van der Waals surface area (Å²) in [5, 5.41) is 7.87. The van der Waals surface area contributed by atoms with Gasteiger partial charge in [-0.05, 0) is 38.8 Å². The Kier molecular flexibility index (Phi) is 3.01. The molecule has 17 heavy (non-hydrogen) atoms. The Balaban J connectivity index is 1.81. The van der Waals surface area contributed by atoms with Crippen LogP contribution in [-0.4, -0.2) is 27.9 Å². The number of nitrogens with one attached hydrogen (secondary N) is 2. The Bertz CT molecular complexity index is 424. The molecule has 0 amide bonds. The van der Waals surface area contributed by atoms with Crippen LogP contribution in [0.15, 0.2) is 4.79 Å². The summed E-state index contributed by atoms with van der Waals surface area (Å²) in [5.41, 5.74) is -0.00886. The van der Waals surface area contributed by atoms with Crippen LogP contribution in [0.3, 0.4) is 0 Å². The highest BCUT2D eigenvalue weighted by molar-refractivity contribution is 4.97. The van der Waals surface area contributed by atoms with Crippen LogP contribution >= 0.6 is 0 Å². The third kappa shape index (κ3) is 2.16. The predicted octanol–water partition coefficient (Wildman–Crippen LogP) is 1.15.